The first kappa shape index (κ1) is 17.1. The van der Waals surface area contributed by atoms with Crippen LogP contribution in [0.3, 0.4) is 0 Å². The normalized spacial score (nSPS) is 10.2. The van der Waals surface area contributed by atoms with Crippen molar-refractivity contribution in [3.8, 4) is 0 Å². The number of carbonyl (C=O) groups excluding carboxylic acids is 2. The minimum absolute atomic E-state index is 0.0233. The Balaban J connectivity index is 1.92. The molecule has 0 saturated carbocycles. The Morgan fingerprint density at radius 1 is 1.39 bits per heavy atom. The molecule has 23 heavy (non-hydrogen) atoms. The quantitative estimate of drug-likeness (QED) is 0.487. The lowest BCUT2D eigenvalue weighted by Gasteiger charge is -2.06. The summed E-state index contributed by atoms with van der Waals surface area (Å²) in [6.45, 7) is -0.602. The molecule has 0 saturated heterocycles. The fraction of sp³-hybridized carbons (Fsp3) is 0.0833. The molecule has 0 radical (unpaired) electrons. The number of benzene rings is 1. The number of nitrogens with zero attached hydrogens (tertiary/aromatic N) is 2. The number of hydrogen-bond acceptors (Lipinski definition) is 7. The zero-order valence-corrected chi connectivity index (χ0v) is 13.4. The molecule has 0 unspecified atom stereocenters. The lowest BCUT2D eigenvalue weighted by atomic mass is 10.2. The number of nitro groups is 1. The second-order valence-corrected chi connectivity index (χ2v) is 5.78. The van der Waals surface area contributed by atoms with Gasteiger partial charge in [0, 0.05) is 0 Å². The van der Waals surface area contributed by atoms with Crippen LogP contribution >= 0.6 is 34.5 Å². The van der Waals surface area contributed by atoms with Crippen LogP contribution in [0.15, 0.2) is 24.4 Å². The van der Waals surface area contributed by atoms with Gasteiger partial charge in [-0.2, -0.15) is 0 Å². The summed E-state index contributed by atoms with van der Waals surface area (Å²) >= 11 is 12.3. The van der Waals surface area contributed by atoms with E-state index in [9.17, 15) is 19.7 Å². The van der Waals surface area contributed by atoms with Crippen LogP contribution in [0.4, 0.5) is 10.1 Å². The molecule has 0 fully saturated rings. The summed E-state index contributed by atoms with van der Waals surface area (Å²) in [4.78, 5) is 37.0. The molecule has 0 bridgehead atoms. The second kappa shape index (κ2) is 7.36. The van der Waals surface area contributed by atoms with Gasteiger partial charge in [-0.25, -0.2) is 9.78 Å². The van der Waals surface area contributed by atoms with Crippen molar-refractivity contribution in [2.45, 2.75) is 0 Å². The molecule has 0 aliphatic heterocycles. The van der Waals surface area contributed by atoms with E-state index in [4.69, 9.17) is 27.9 Å². The molecule has 2 aromatic rings. The van der Waals surface area contributed by atoms with Crippen molar-refractivity contribution in [1.29, 1.82) is 0 Å². The third-order valence-corrected chi connectivity index (χ3v) is 4.11. The van der Waals surface area contributed by atoms with Crippen LogP contribution in [0.5, 0.6) is 0 Å². The number of ether oxygens (including phenoxy) is 1. The number of aromatic nitrogens is 1. The standard InChI is InChI=1S/C12H7Cl2N3O5S/c13-7-3-1-2-6(10(7)14)11(19)22-5-8(18)16-12-15-4-9(23-12)17(20)21/h1-4H,5H2,(H,15,16,18). The molecule has 1 aromatic heterocycles. The van der Waals surface area contributed by atoms with Crippen LogP contribution < -0.4 is 5.32 Å². The van der Waals surface area contributed by atoms with E-state index in [0.717, 1.165) is 6.20 Å². The SMILES string of the molecule is O=C(COC(=O)c1cccc(Cl)c1Cl)Nc1ncc([N+](=O)[O-])s1. The summed E-state index contributed by atoms with van der Waals surface area (Å²) in [6, 6.07) is 4.42. The molecule has 8 nitrogen and oxygen atoms in total. The van der Waals surface area contributed by atoms with Crippen LogP contribution in [0.25, 0.3) is 0 Å². The molecule has 0 aliphatic carbocycles. The lowest BCUT2D eigenvalue weighted by Crippen LogP contribution is -2.21. The number of thiazole rings is 1. The minimum atomic E-state index is -0.822. The van der Waals surface area contributed by atoms with E-state index in [-0.39, 0.29) is 25.7 Å². The van der Waals surface area contributed by atoms with Gasteiger partial charge in [0.25, 0.3) is 5.91 Å². The topological polar surface area (TPSA) is 111 Å². The number of carbonyl (C=O) groups is 2. The molecular weight excluding hydrogens is 369 g/mol. The van der Waals surface area contributed by atoms with E-state index >= 15 is 0 Å². The van der Waals surface area contributed by atoms with E-state index in [1.807, 2.05) is 0 Å². The molecule has 1 heterocycles. The van der Waals surface area contributed by atoms with Crippen LogP contribution in [0, 0.1) is 10.1 Å². The van der Waals surface area contributed by atoms with Crippen molar-refractivity contribution in [1.82, 2.24) is 4.98 Å². The monoisotopic (exact) mass is 375 g/mol. The number of anilines is 1. The molecule has 1 aromatic carbocycles. The minimum Gasteiger partial charge on any atom is -0.452 e. The van der Waals surface area contributed by atoms with E-state index in [1.165, 1.54) is 18.2 Å². The molecule has 11 heteroatoms. The summed E-state index contributed by atoms with van der Waals surface area (Å²) in [6.07, 6.45) is 1.01. The largest absolute Gasteiger partial charge is 0.452 e. The zero-order valence-electron chi connectivity index (χ0n) is 11.1. The first-order valence-electron chi connectivity index (χ1n) is 5.89. The van der Waals surface area contributed by atoms with Crippen LogP contribution in [0.1, 0.15) is 10.4 Å². The van der Waals surface area contributed by atoms with Crippen molar-refractivity contribution in [3.63, 3.8) is 0 Å². The van der Waals surface area contributed by atoms with Crippen LogP contribution in [-0.2, 0) is 9.53 Å². The number of amides is 1. The Hall–Kier alpha value is -2.23. The van der Waals surface area contributed by atoms with Crippen molar-refractivity contribution in [2.24, 2.45) is 0 Å². The third-order valence-electron chi connectivity index (χ3n) is 2.43. The summed E-state index contributed by atoms with van der Waals surface area (Å²) in [5, 5.41) is 12.8. The van der Waals surface area contributed by atoms with E-state index in [2.05, 4.69) is 10.3 Å². The summed E-state index contributed by atoms with van der Waals surface area (Å²) in [5.74, 6) is -1.52. The molecule has 0 aliphatic rings. The maximum atomic E-state index is 11.8. The number of nitrogens with one attached hydrogen (secondary N) is 1. The van der Waals surface area contributed by atoms with Gasteiger partial charge in [-0.15, -0.1) is 0 Å². The number of hydrogen-bond donors (Lipinski definition) is 1. The number of halogens is 2. The molecule has 120 valence electrons. The van der Waals surface area contributed by atoms with Gasteiger partial charge >= 0.3 is 11.0 Å². The maximum absolute atomic E-state index is 11.8. The highest BCUT2D eigenvalue weighted by Gasteiger charge is 2.17. The molecular formula is C12H7Cl2N3O5S. The van der Waals surface area contributed by atoms with Gasteiger partial charge in [0.15, 0.2) is 11.7 Å². The van der Waals surface area contributed by atoms with Gasteiger partial charge in [0.1, 0.15) is 6.20 Å². The summed E-state index contributed by atoms with van der Waals surface area (Å²) in [7, 11) is 0. The lowest BCUT2D eigenvalue weighted by molar-refractivity contribution is -0.380. The average Bonchev–Trinajstić information content (AvgIpc) is 2.96. The van der Waals surface area contributed by atoms with Gasteiger partial charge in [0.05, 0.1) is 20.5 Å². The highest BCUT2D eigenvalue weighted by atomic mass is 35.5. The molecule has 2 rings (SSSR count). The van der Waals surface area contributed by atoms with Crippen LogP contribution in [-0.4, -0.2) is 28.4 Å². The summed E-state index contributed by atoms with van der Waals surface area (Å²) < 4.78 is 4.80. The molecule has 0 atom stereocenters. The van der Waals surface area contributed by atoms with Crippen molar-refractivity contribution >= 4 is 56.5 Å². The fourth-order valence-electron chi connectivity index (χ4n) is 1.43. The first-order valence-corrected chi connectivity index (χ1v) is 7.47. The zero-order chi connectivity index (χ0) is 17.0. The Labute approximate surface area is 143 Å². The highest BCUT2D eigenvalue weighted by Crippen LogP contribution is 2.26. The second-order valence-electron chi connectivity index (χ2n) is 3.99. The van der Waals surface area contributed by atoms with Gasteiger partial charge in [-0.3, -0.25) is 20.2 Å². The molecule has 1 N–H and O–H groups in total. The van der Waals surface area contributed by atoms with Crippen molar-refractivity contribution < 1.29 is 19.2 Å². The molecule has 1 amide bonds. The van der Waals surface area contributed by atoms with E-state index in [1.54, 1.807) is 0 Å². The Morgan fingerprint density at radius 3 is 2.78 bits per heavy atom. The fourth-order valence-corrected chi connectivity index (χ4v) is 2.46. The van der Waals surface area contributed by atoms with E-state index in [0.29, 0.717) is 11.3 Å². The third kappa shape index (κ3) is 4.38. The van der Waals surface area contributed by atoms with Crippen LogP contribution in [0.2, 0.25) is 10.0 Å². The maximum Gasteiger partial charge on any atom is 0.345 e. The number of esters is 1. The predicted octanol–water partition coefficient (Wildman–Crippen LogP) is 3.15. The predicted molar refractivity (Wildman–Crippen MR) is 84.1 cm³/mol. The Kier molecular flexibility index (Phi) is 5.48. The Morgan fingerprint density at radius 2 is 2.13 bits per heavy atom. The van der Waals surface area contributed by atoms with Crippen molar-refractivity contribution in [3.05, 3.63) is 50.1 Å². The van der Waals surface area contributed by atoms with Gasteiger partial charge in [-0.1, -0.05) is 29.3 Å². The van der Waals surface area contributed by atoms with Crippen molar-refractivity contribution in [2.75, 3.05) is 11.9 Å². The Bertz CT molecular complexity index is 780. The van der Waals surface area contributed by atoms with Gasteiger partial charge in [-0.05, 0) is 23.5 Å². The van der Waals surface area contributed by atoms with E-state index < -0.39 is 23.4 Å². The average molecular weight is 376 g/mol. The number of rotatable bonds is 5. The van der Waals surface area contributed by atoms with Gasteiger partial charge in [0.2, 0.25) is 0 Å². The summed E-state index contributed by atoms with van der Waals surface area (Å²) in [5.41, 5.74) is 0.0249. The smallest absolute Gasteiger partial charge is 0.345 e. The highest BCUT2D eigenvalue weighted by molar-refractivity contribution is 7.18. The van der Waals surface area contributed by atoms with Gasteiger partial charge < -0.3 is 4.74 Å². The first-order chi connectivity index (χ1) is 10.9. The molecule has 0 spiro atoms.